The Morgan fingerprint density at radius 1 is 1.16 bits per heavy atom. The number of amides is 1. The van der Waals surface area contributed by atoms with Crippen LogP contribution in [0.2, 0.25) is 0 Å². The van der Waals surface area contributed by atoms with Gasteiger partial charge in [0.15, 0.2) is 0 Å². The normalized spacial score (nSPS) is 15.0. The molecule has 3 rings (SSSR count). The van der Waals surface area contributed by atoms with Crippen molar-refractivity contribution in [3.05, 3.63) is 47.2 Å². The molecule has 1 aromatic heterocycles. The standard InChI is InChI=1S/C15H13BrN2O/c16-13-7-12(9-17-10-13)11-3-1-4-14(8-11)18-6-2-5-15(18)19/h1,3-4,7-10H,2,5-6H2. The summed E-state index contributed by atoms with van der Waals surface area (Å²) >= 11 is 3.43. The lowest BCUT2D eigenvalue weighted by atomic mass is 10.1. The number of aromatic nitrogens is 1. The second kappa shape index (κ2) is 5.13. The zero-order valence-corrected chi connectivity index (χ0v) is 11.9. The minimum atomic E-state index is 0.213. The molecule has 19 heavy (non-hydrogen) atoms. The van der Waals surface area contributed by atoms with Gasteiger partial charge in [-0.25, -0.2) is 0 Å². The minimum Gasteiger partial charge on any atom is -0.312 e. The zero-order chi connectivity index (χ0) is 13.2. The van der Waals surface area contributed by atoms with Gasteiger partial charge >= 0.3 is 0 Å². The molecule has 1 saturated heterocycles. The molecule has 2 aromatic rings. The van der Waals surface area contributed by atoms with Crippen molar-refractivity contribution in [3.63, 3.8) is 0 Å². The van der Waals surface area contributed by atoms with Crippen LogP contribution in [0.5, 0.6) is 0 Å². The Labute approximate surface area is 120 Å². The van der Waals surface area contributed by atoms with Crippen LogP contribution in [0.15, 0.2) is 47.2 Å². The lowest BCUT2D eigenvalue weighted by molar-refractivity contribution is -0.117. The summed E-state index contributed by atoms with van der Waals surface area (Å²) in [6.45, 7) is 0.818. The lowest BCUT2D eigenvalue weighted by Gasteiger charge is -2.16. The molecule has 1 amide bonds. The molecule has 0 bridgehead atoms. The van der Waals surface area contributed by atoms with Crippen molar-refractivity contribution in [2.45, 2.75) is 12.8 Å². The second-order valence-electron chi connectivity index (χ2n) is 4.59. The van der Waals surface area contributed by atoms with E-state index in [9.17, 15) is 4.79 Å². The number of nitrogens with zero attached hydrogens (tertiary/aromatic N) is 2. The third kappa shape index (κ3) is 2.54. The summed E-state index contributed by atoms with van der Waals surface area (Å²) < 4.78 is 0.952. The average Bonchev–Trinajstić information content (AvgIpc) is 2.85. The molecule has 0 aliphatic carbocycles. The molecule has 1 aliphatic heterocycles. The summed E-state index contributed by atoms with van der Waals surface area (Å²) in [5, 5.41) is 0. The summed E-state index contributed by atoms with van der Waals surface area (Å²) in [5.41, 5.74) is 3.09. The summed E-state index contributed by atoms with van der Waals surface area (Å²) in [7, 11) is 0. The van der Waals surface area contributed by atoms with E-state index in [-0.39, 0.29) is 5.91 Å². The molecule has 4 heteroatoms. The van der Waals surface area contributed by atoms with Crippen molar-refractivity contribution in [1.29, 1.82) is 0 Å². The van der Waals surface area contributed by atoms with Gasteiger partial charge in [-0.05, 0) is 46.1 Å². The van der Waals surface area contributed by atoms with Gasteiger partial charge in [-0.2, -0.15) is 0 Å². The van der Waals surface area contributed by atoms with Gasteiger partial charge in [0.2, 0.25) is 5.91 Å². The smallest absolute Gasteiger partial charge is 0.227 e. The maximum Gasteiger partial charge on any atom is 0.227 e. The van der Waals surface area contributed by atoms with Gasteiger partial charge in [-0.1, -0.05) is 12.1 Å². The van der Waals surface area contributed by atoms with Crippen LogP contribution in [0.4, 0.5) is 5.69 Å². The molecule has 0 atom stereocenters. The van der Waals surface area contributed by atoms with Crippen molar-refractivity contribution in [2.24, 2.45) is 0 Å². The van der Waals surface area contributed by atoms with E-state index in [0.717, 1.165) is 34.3 Å². The van der Waals surface area contributed by atoms with Gasteiger partial charge in [0.05, 0.1) is 0 Å². The number of anilines is 1. The number of rotatable bonds is 2. The fourth-order valence-electron chi connectivity index (χ4n) is 2.34. The summed E-state index contributed by atoms with van der Waals surface area (Å²) in [6.07, 6.45) is 5.19. The third-order valence-corrected chi connectivity index (χ3v) is 3.70. The van der Waals surface area contributed by atoms with Crippen LogP contribution in [0.1, 0.15) is 12.8 Å². The Balaban J connectivity index is 1.98. The van der Waals surface area contributed by atoms with Crippen LogP contribution < -0.4 is 4.90 Å². The van der Waals surface area contributed by atoms with E-state index in [1.807, 2.05) is 41.4 Å². The first kappa shape index (κ1) is 12.4. The molecule has 0 N–H and O–H groups in total. The maximum atomic E-state index is 11.8. The molecule has 0 saturated carbocycles. The van der Waals surface area contributed by atoms with Gasteiger partial charge in [0.1, 0.15) is 0 Å². The fourth-order valence-corrected chi connectivity index (χ4v) is 2.71. The highest BCUT2D eigenvalue weighted by Crippen LogP contribution is 2.28. The molecule has 0 spiro atoms. The van der Waals surface area contributed by atoms with Gasteiger partial charge in [-0.3, -0.25) is 9.78 Å². The van der Waals surface area contributed by atoms with E-state index in [2.05, 4.69) is 20.9 Å². The monoisotopic (exact) mass is 316 g/mol. The van der Waals surface area contributed by atoms with Crippen molar-refractivity contribution in [3.8, 4) is 11.1 Å². The van der Waals surface area contributed by atoms with E-state index in [1.54, 1.807) is 6.20 Å². The highest BCUT2D eigenvalue weighted by atomic mass is 79.9. The van der Waals surface area contributed by atoms with Crippen molar-refractivity contribution in [2.75, 3.05) is 11.4 Å². The van der Waals surface area contributed by atoms with Crippen LogP contribution >= 0.6 is 15.9 Å². The van der Waals surface area contributed by atoms with Crippen LogP contribution in [-0.2, 0) is 4.79 Å². The van der Waals surface area contributed by atoms with E-state index < -0.39 is 0 Å². The minimum absolute atomic E-state index is 0.213. The number of carbonyl (C=O) groups is 1. The fraction of sp³-hybridized carbons (Fsp3) is 0.200. The van der Waals surface area contributed by atoms with Crippen LogP contribution in [0, 0.1) is 0 Å². The number of hydrogen-bond acceptors (Lipinski definition) is 2. The molecular weight excluding hydrogens is 304 g/mol. The predicted octanol–water partition coefficient (Wildman–Crippen LogP) is 3.64. The molecule has 2 heterocycles. The quantitative estimate of drug-likeness (QED) is 0.847. The van der Waals surface area contributed by atoms with E-state index in [4.69, 9.17) is 0 Å². The van der Waals surface area contributed by atoms with Crippen LogP contribution in [0.3, 0.4) is 0 Å². The largest absolute Gasteiger partial charge is 0.312 e. The first-order chi connectivity index (χ1) is 9.24. The van der Waals surface area contributed by atoms with Gasteiger partial charge in [0, 0.05) is 41.1 Å². The zero-order valence-electron chi connectivity index (χ0n) is 10.3. The Morgan fingerprint density at radius 3 is 2.79 bits per heavy atom. The maximum absolute atomic E-state index is 11.8. The third-order valence-electron chi connectivity index (χ3n) is 3.27. The van der Waals surface area contributed by atoms with Gasteiger partial charge in [0.25, 0.3) is 0 Å². The summed E-state index contributed by atoms with van der Waals surface area (Å²) in [4.78, 5) is 17.8. The summed E-state index contributed by atoms with van der Waals surface area (Å²) in [6, 6.07) is 10.1. The molecular formula is C15H13BrN2O. The van der Waals surface area contributed by atoms with Crippen molar-refractivity contribution < 1.29 is 4.79 Å². The van der Waals surface area contributed by atoms with Gasteiger partial charge < -0.3 is 4.90 Å². The molecule has 1 aromatic carbocycles. The lowest BCUT2D eigenvalue weighted by Crippen LogP contribution is -2.23. The second-order valence-corrected chi connectivity index (χ2v) is 5.51. The highest BCUT2D eigenvalue weighted by molar-refractivity contribution is 9.10. The molecule has 0 radical (unpaired) electrons. The van der Waals surface area contributed by atoms with Crippen LogP contribution in [0.25, 0.3) is 11.1 Å². The van der Waals surface area contributed by atoms with Crippen molar-refractivity contribution >= 4 is 27.5 Å². The van der Waals surface area contributed by atoms with Crippen LogP contribution in [-0.4, -0.2) is 17.4 Å². The number of hydrogen-bond donors (Lipinski definition) is 0. The number of pyridine rings is 1. The number of halogens is 1. The van der Waals surface area contributed by atoms with E-state index in [0.29, 0.717) is 6.42 Å². The molecule has 1 fully saturated rings. The average molecular weight is 317 g/mol. The first-order valence-corrected chi connectivity index (χ1v) is 7.05. The predicted molar refractivity (Wildman–Crippen MR) is 79.0 cm³/mol. The SMILES string of the molecule is O=C1CCCN1c1cccc(-c2cncc(Br)c2)c1. The van der Waals surface area contributed by atoms with Crippen molar-refractivity contribution in [1.82, 2.24) is 4.98 Å². The topological polar surface area (TPSA) is 33.2 Å². The number of benzene rings is 1. The summed E-state index contributed by atoms with van der Waals surface area (Å²) in [5.74, 6) is 0.213. The van der Waals surface area contributed by atoms with Gasteiger partial charge in [-0.15, -0.1) is 0 Å². The first-order valence-electron chi connectivity index (χ1n) is 6.25. The molecule has 1 aliphatic rings. The molecule has 0 unspecified atom stereocenters. The highest BCUT2D eigenvalue weighted by Gasteiger charge is 2.21. The molecule has 96 valence electrons. The Bertz CT molecular complexity index is 627. The number of carbonyl (C=O) groups excluding carboxylic acids is 1. The molecule has 3 nitrogen and oxygen atoms in total. The van der Waals surface area contributed by atoms with E-state index in [1.165, 1.54) is 0 Å². The Morgan fingerprint density at radius 2 is 2.05 bits per heavy atom. The van der Waals surface area contributed by atoms with E-state index >= 15 is 0 Å². The Kier molecular flexibility index (Phi) is 3.34. The Hall–Kier alpha value is -1.68.